The van der Waals surface area contributed by atoms with Gasteiger partial charge in [-0.3, -0.25) is 9.59 Å². The molecule has 0 aliphatic carbocycles. The van der Waals surface area contributed by atoms with E-state index in [1.165, 1.54) is 0 Å². The smallest absolute Gasteiger partial charge is 0.335 e. The number of carbonyl (C=O) groups is 1. The van der Waals surface area contributed by atoms with E-state index < -0.39 is 47.5 Å². The fourth-order valence-electron chi connectivity index (χ4n) is 3.00. The molecule has 1 aliphatic heterocycles. The Kier molecular flexibility index (Phi) is 8.53. The predicted molar refractivity (Wildman–Crippen MR) is 99.7 cm³/mol. The van der Waals surface area contributed by atoms with E-state index in [9.17, 15) is 29.7 Å². The van der Waals surface area contributed by atoms with E-state index in [-0.39, 0.29) is 18.0 Å². The molecule has 11 nitrogen and oxygen atoms in total. The van der Waals surface area contributed by atoms with Crippen molar-refractivity contribution in [2.75, 3.05) is 25.1 Å². The van der Waals surface area contributed by atoms with E-state index in [1.807, 2.05) is 0 Å². The lowest BCUT2D eigenvalue weighted by Gasteiger charge is -2.38. The van der Waals surface area contributed by atoms with Crippen molar-refractivity contribution in [1.82, 2.24) is 0 Å². The summed E-state index contributed by atoms with van der Waals surface area (Å²) in [5, 5.41) is 41.0. The van der Waals surface area contributed by atoms with Crippen LogP contribution in [0.25, 0.3) is 0 Å². The minimum Gasteiger partial charge on any atom is -0.488 e. The molecule has 5 atom stereocenters. The first kappa shape index (κ1) is 23.2. The third-order valence-corrected chi connectivity index (χ3v) is 4.62. The highest BCUT2D eigenvalue weighted by Crippen LogP contribution is 2.22. The Morgan fingerprint density at radius 1 is 1.03 bits per heavy atom. The van der Waals surface area contributed by atoms with Gasteiger partial charge in [-0.2, -0.15) is 0 Å². The average molecular weight is 417 g/mol. The van der Waals surface area contributed by atoms with Gasteiger partial charge in [-0.1, -0.05) is 12.8 Å². The Hall–Kier alpha value is -2.05. The van der Waals surface area contributed by atoms with E-state index in [0.29, 0.717) is 19.6 Å². The van der Waals surface area contributed by atoms with Crippen LogP contribution in [-0.4, -0.2) is 76.9 Å². The minimum atomic E-state index is -1.74. The summed E-state index contributed by atoms with van der Waals surface area (Å²) in [6, 6.07) is 0. The van der Waals surface area contributed by atoms with E-state index >= 15 is 0 Å². The number of anilines is 1. The first-order valence-corrected chi connectivity index (χ1v) is 9.53. The first-order valence-electron chi connectivity index (χ1n) is 9.53. The normalized spacial score (nSPS) is 27.1. The number of carboxylic acids is 1. The van der Waals surface area contributed by atoms with Gasteiger partial charge in [-0.15, -0.1) is 0 Å². The largest absolute Gasteiger partial charge is 0.488 e. The number of nitrogens with one attached hydrogen (secondary N) is 1. The molecular formula is C18H27NO10. The Morgan fingerprint density at radius 3 is 2.38 bits per heavy atom. The number of aliphatic carboxylic acids is 1. The second-order valence-corrected chi connectivity index (χ2v) is 6.74. The van der Waals surface area contributed by atoms with Crippen molar-refractivity contribution in [1.29, 1.82) is 0 Å². The van der Waals surface area contributed by atoms with Crippen LogP contribution in [0.4, 0.5) is 5.69 Å². The molecule has 29 heavy (non-hydrogen) atoms. The van der Waals surface area contributed by atoms with Crippen LogP contribution in [0.1, 0.15) is 32.6 Å². The van der Waals surface area contributed by atoms with Crippen LogP contribution in [0.3, 0.4) is 0 Å². The number of unbranched alkanes of at least 4 members (excludes halogenated alkanes) is 3. The van der Waals surface area contributed by atoms with Crippen LogP contribution < -0.4 is 20.9 Å². The zero-order valence-corrected chi connectivity index (χ0v) is 16.1. The van der Waals surface area contributed by atoms with E-state index in [4.69, 9.17) is 19.3 Å². The SMILES string of the molecule is CCOc1c(NCCCCCCO[C@@H]2O[C@H](C(=O)O)[C@@H](O)[C@H](O)[C@H]2O)c(=O)c1=O. The number of aliphatic hydroxyl groups is 3. The summed E-state index contributed by atoms with van der Waals surface area (Å²) in [6.45, 7) is 2.70. The van der Waals surface area contributed by atoms with Gasteiger partial charge in [-0.05, 0) is 19.8 Å². The minimum absolute atomic E-state index is 0.0870. The van der Waals surface area contributed by atoms with Crippen molar-refractivity contribution in [3.8, 4) is 5.75 Å². The molecule has 0 bridgehead atoms. The average Bonchev–Trinajstić information content (AvgIpc) is 2.70. The second-order valence-electron chi connectivity index (χ2n) is 6.74. The molecule has 1 heterocycles. The molecular weight excluding hydrogens is 390 g/mol. The number of hydrogen-bond acceptors (Lipinski definition) is 10. The molecule has 0 saturated carbocycles. The predicted octanol–water partition coefficient (Wildman–Crippen LogP) is -1.44. The maximum atomic E-state index is 11.5. The van der Waals surface area contributed by atoms with Gasteiger partial charge < -0.3 is 40.0 Å². The lowest BCUT2D eigenvalue weighted by atomic mass is 9.99. The van der Waals surface area contributed by atoms with Gasteiger partial charge in [0.05, 0.1) is 6.61 Å². The molecule has 0 spiro atoms. The molecule has 0 unspecified atom stereocenters. The molecule has 11 heteroatoms. The second kappa shape index (κ2) is 10.6. The van der Waals surface area contributed by atoms with Gasteiger partial charge in [0.25, 0.3) is 10.9 Å². The fraction of sp³-hybridized carbons (Fsp3) is 0.722. The van der Waals surface area contributed by atoms with E-state index in [2.05, 4.69) is 5.32 Å². The summed E-state index contributed by atoms with van der Waals surface area (Å²) in [7, 11) is 0. The van der Waals surface area contributed by atoms with Crippen LogP contribution in [-0.2, 0) is 14.3 Å². The van der Waals surface area contributed by atoms with Crippen LogP contribution in [0.2, 0.25) is 0 Å². The standard InChI is InChI=1S/C18H27NO10/c1-2-27-15-9(10(20)12(15)22)19-7-5-3-4-6-8-28-18-14(24)11(21)13(23)16(29-18)17(25)26/h11,13-14,16,18-19,21,23-24H,2-8H2,1H3,(H,25,26)/t11-,13-,14+,16-,18+/m0/s1. The zero-order valence-electron chi connectivity index (χ0n) is 16.1. The molecule has 164 valence electrons. The molecule has 1 saturated heterocycles. The molecule has 5 N–H and O–H groups in total. The molecule has 1 aromatic rings. The molecule has 1 fully saturated rings. The number of hydrogen-bond donors (Lipinski definition) is 5. The lowest BCUT2D eigenvalue weighted by Crippen LogP contribution is -2.60. The first-order chi connectivity index (χ1) is 13.8. The van der Waals surface area contributed by atoms with Crippen molar-refractivity contribution in [3.63, 3.8) is 0 Å². The molecule has 1 aromatic carbocycles. The lowest BCUT2D eigenvalue weighted by molar-refractivity contribution is -0.294. The third-order valence-electron chi connectivity index (χ3n) is 4.62. The van der Waals surface area contributed by atoms with Gasteiger partial charge in [-0.25, -0.2) is 4.79 Å². The fourth-order valence-corrected chi connectivity index (χ4v) is 3.00. The van der Waals surface area contributed by atoms with Gasteiger partial charge in [0, 0.05) is 13.2 Å². The summed E-state index contributed by atoms with van der Waals surface area (Å²) < 4.78 is 15.4. The number of carboxylic acid groups (broad SMARTS) is 1. The number of rotatable bonds is 12. The van der Waals surface area contributed by atoms with Gasteiger partial charge in [0.1, 0.15) is 24.0 Å². The Balaban J connectivity index is 1.61. The maximum Gasteiger partial charge on any atom is 0.335 e. The monoisotopic (exact) mass is 417 g/mol. The van der Waals surface area contributed by atoms with Gasteiger partial charge in [0.15, 0.2) is 18.1 Å². The van der Waals surface area contributed by atoms with Crippen LogP contribution in [0, 0.1) is 0 Å². The van der Waals surface area contributed by atoms with Crippen LogP contribution in [0.5, 0.6) is 5.75 Å². The van der Waals surface area contributed by atoms with Crippen molar-refractivity contribution in [2.24, 2.45) is 0 Å². The molecule has 0 aromatic heterocycles. The highest BCUT2D eigenvalue weighted by Gasteiger charge is 2.47. The number of ether oxygens (including phenoxy) is 3. The molecule has 0 radical (unpaired) electrons. The Bertz CT molecular complexity index is 743. The summed E-state index contributed by atoms with van der Waals surface area (Å²) in [6.07, 6.45) is -5.13. The van der Waals surface area contributed by atoms with Crippen molar-refractivity contribution in [3.05, 3.63) is 20.4 Å². The summed E-state index contributed by atoms with van der Waals surface area (Å²) >= 11 is 0. The number of aliphatic hydroxyl groups excluding tert-OH is 3. The van der Waals surface area contributed by atoms with Crippen molar-refractivity contribution < 1.29 is 39.4 Å². The quantitative estimate of drug-likeness (QED) is 0.199. The summed E-state index contributed by atoms with van der Waals surface area (Å²) in [5.41, 5.74) is -0.960. The Morgan fingerprint density at radius 2 is 1.72 bits per heavy atom. The van der Waals surface area contributed by atoms with E-state index in [1.54, 1.807) is 6.92 Å². The van der Waals surface area contributed by atoms with Gasteiger partial charge >= 0.3 is 5.97 Å². The van der Waals surface area contributed by atoms with Crippen molar-refractivity contribution >= 4 is 11.7 Å². The molecule has 2 rings (SSSR count). The van der Waals surface area contributed by atoms with Gasteiger partial charge in [0.2, 0.25) is 0 Å². The van der Waals surface area contributed by atoms with Crippen LogP contribution >= 0.6 is 0 Å². The Labute approximate surface area is 166 Å². The topological polar surface area (TPSA) is 172 Å². The zero-order chi connectivity index (χ0) is 21.6. The third kappa shape index (κ3) is 5.52. The van der Waals surface area contributed by atoms with Crippen molar-refractivity contribution in [2.45, 2.75) is 63.3 Å². The highest BCUT2D eigenvalue weighted by atomic mass is 16.7. The summed E-state index contributed by atoms with van der Waals surface area (Å²) in [5.74, 6) is -1.37. The van der Waals surface area contributed by atoms with Crippen LogP contribution in [0.15, 0.2) is 9.59 Å². The summed E-state index contributed by atoms with van der Waals surface area (Å²) in [4.78, 5) is 33.8. The highest BCUT2D eigenvalue weighted by molar-refractivity contribution is 5.73. The molecule has 0 amide bonds. The van der Waals surface area contributed by atoms with E-state index in [0.717, 1.165) is 19.3 Å². The maximum absolute atomic E-state index is 11.5. The molecule has 1 aliphatic rings.